The zero-order chi connectivity index (χ0) is 51.3. The van der Waals surface area contributed by atoms with Crippen LogP contribution in [0.15, 0.2) is 72.9 Å². The highest BCUT2D eigenvalue weighted by Gasteiger charge is 2.27. The first kappa shape index (κ1) is 67.5. The highest BCUT2D eigenvalue weighted by atomic mass is 31.2. The van der Waals surface area contributed by atoms with Gasteiger partial charge in [0.2, 0.25) is 0 Å². The molecule has 0 spiro atoms. The van der Waals surface area contributed by atoms with E-state index in [2.05, 4.69) is 86.8 Å². The topological polar surface area (TPSA) is 108 Å². The van der Waals surface area contributed by atoms with Crippen LogP contribution >= 0.6 is 7.82 Å². The molecule has 0 fully saturated rings. The number of hydrogen-bond donors (Lipinski definition) is 1. The summed E-state index contributed by atoms with van der Waals surface area (Å²) in [6.45, 7) is 4.32. The van der Waals surface area contributed by atoms with Gasteiger partial charge in [0.15, 0.2) is 6.10 Å². The lowest BCUT2D eigenvalue weighted by Crippen LogP contribution is -2.37. The SMILES string of the molecule is CC/C=C\C/C=C\C/C=C\C/C=C\C/C=C\CCCCCCCCCCCCCCCCCC(=O)OC(COC(=O)CCCCCCC/C=C\CCCCCCCC)COP(=O)(O)OCC[N+](C)(C)C. The van der Waals surface area contributed by atoms with Gasteiger partial charge < -0.3 is 18.9 Å². The molecule has 0 aliphatic heterocycles. The number of rotatable bonds is 52. The number of likely N-dealkylation sites (N-methyl/N-ethyl adjacent to an activating group) is 1. The number of phosphoric acid groups is 1. The quantitative estimate of drug-likeness (QED) is 0.0211. The van der Waals surface area contributed by atoms with Gasteiger partial charge in [0, 0.05) is 12.8 Å². The highest BCUT2D eigenvalue weighted by Crippen LogP contribution is 2.43. The van der Waals surface area contributed by atoms with Crippen LogP contribution in [0.4, 0.5) is 0 Å². The molecule has 0 amide bonds. The van der Waals surface area contributed by atoms with Crippen LogP contribution in [0.25, 0.3) is 0 Å². The summed E-state index contributed by atoms with van der Waals surface area (Å²) < 4.78 is 34.5. The maximum Gasteiger partial charge on any atom is 0.472 e. The molecular formula is C60H109NO8P+. The molecule has 1 N–H and O–H groups in total. The number of phosphoric ester groups is 1. The molecule has 0 aliphatic carbocycles. The van der Waals surface area contributed by atoms with Crippen molar-refractivity contribution in [2.24, 2.45) is 0 Å². The molecule has 2 atom stereocenters. The van der Waals surface area contributed by atoms with Gasteiger partial charge in [0.05, 0.1) is 27.7 Å². The van der Waals surface area contributed by atoms with Gasteiger partial charge in [-0.2, -0.15) is 0 Å². The monoisotopic (exact) mass is 1000 g/mol. The molecule has 0 saturated carbocycles. The third kappa shape index (κ3) is 54.8. The van der Waals surface area contributed by atoms with Gasteiger partial charge in [-0.1, -0.05) is 222 Å². The van der Waals surface area contributed by atoms with Gasteiger partial charge in [0.25, 0.3) is 0 Å². The molecule has 0 aliphatic rings. The van der Waals surface area contributed by atoms with Crippen molar-refractivity contribution in [3.8, 4) is 0 Å². The molecular weight excluding hydrogens is 894 g/mol. The number of hydrogen-bond acceptors (Lipinski definition) is 7. The Labute approximate surface area is 431 Å². The van der Waals surface area contributed by atoms with Gasteiger partial charge in [-0.05, 0) is 83.5 Å². The van der Waals surface area contributed by atoms with E-state index in [1.165, 1.54) is 122 Å². The summed E-state index contributed by atoms with van der Waals surface area (Å²) in [6.07, 6.45) is 66.8. The largest absolute Gasteiger partial charge is 0.472 e. The predicted octanol–water partition coefficient (Wildman–Crippen LogP) is 17.7. The molecule has 406 valence electrons. The van der Waals surface area contributed by atoms with Gasteiger partial charge in [0.1, 0.15) is 19.8 Å². The Morgan fingerprint density at radius 3 is 1.23 bits per heavy atom. The summed E-state index contributed by atoms with van der Waals surface area (Å²) in [6, 6.07) is 0. The third-order valence-electron chi connectivity index (χ3n) is 12.2. The molecule has 0 aromatic heterocycles. The Morgan fingerprint density at radius 1 is 0.457 bits per heavy atom. The van der Waals surface area contributed by atoms with E-state index < -0.39 is 26.5 Å². The van der Waals surface area contributed by atoms with Crippen molar-refractivity contribution in [3.63, 3.8) is 0 Å². The number of carbonyl (C=O) groups is 2. The minimum Gasteiger partial charge on any atom is -0.462 e. The molecule has 0 rings (SSSR count). The molecule has 0 aromatic rings. The van der Waals surface area contributed by atoms with E-state index in [0.29, 0.717) is 17.4 Å². The minimum absolute atomic E-state index is 0.0291. The highest BCUT2D eigenvalue weighted by molar-refractivity contribution is 7.47. The lowest BCUT2D eigenvalue weighted by molar-refractivity contribution is -0.870. The van der Waals surface area contributed by atoms with Crippen LogP contribution in [0.3, 0.4) is 0 Å². The van der Waals surface area contributed by atoms with Crippen molar-refractivity contribution in [1.29, 1.82) is 0 Å². The van der Waals surface area contributed by atoms with Crippen molar-refractivity contribution in [2.75, 3.05) is 47.5 Å². The molecule has 0 saturated heterocycles. The van der Waals surface area contributed by atoms with Gasteiger partial charge in [-0.25, -0.2) is 4.57 Å². The first-order valence-corrected chi connectivity index (χ1v) is 30.2. The Bertz CT molecular complexity index is 1410. The molecule has 0 bridgehead atoms. The molecule has 0 aromatic carbocycles. The Kier molecular flexibility index (Phi) is 49.5. The first-order valence-electron chi connectivity index (χ1n) is 28.7. The fourth-order valence-electron chi connectivity index (χ4n) is 7.80. The smallest absolute Gasteiger partial charge is 0.462 e. The van der Waals surface area contributed by atoms with Crippen LogP contribution in [0.2, 0.25) is 0 Å². The van der Waals surface area contributed by atoms with Crippen LogP contribution in [0.1, 0.15) is 245 Å². The van der Waals surface area contributed by atoms with E-state index >= 15 is 0 Å². The molecule has 0 heterocycles. The number of carbonyl (C=O) groups excluding carboxylic acids is 2. The molecule has 2 unspecified atom stereocenters. The maximum absolute atomic E-state index is 12.8. The van der Waals surface area contributed by atoms with Crippen LogP contribution in [-0.2, 0) is 32.7 Å². The zero-order valence-electron chi connectivity index (χ0n) is 46.0. The van der Waals surface area contributed by atoms with E-state index in [4.69, 9.17) is 18.5 Å². The van der Waals surface area contributed by atoms with Crippen LogP contribution < -0.4 is 0 Å². The number of nitrogens with zero attached hydrogens (tertiary/aromatic N) is 1. The van der Waals surface area contributed by atoms with Gasteiger partial charge >= 0.3 is 19.8 Å². The Morgan fingerprint density at radius 2 is 0.814 bits per heavy atom. The molecule has 0 radical (unpaired) electrons. The summed E-state index contributed by atoms with van der Waals surface area (Å²) in [5.41, 5.74) is 0. The first-order chi connectivity index (χ1) is 34.0. The lowest BCUT2D eigenvalue weighted by atomic mass is 10.0. The van der Waals surface area contributed by atoms with Crippen molar-refractivity contribution in [2.45, 2.75) is 251 Å². The molecule has 10 heteroatoms. The van der Waals surface area contributed by atoms with Crippen molar-refractivity contribution in [3.05, 3.63) is 72.9 Å². The predicted molar refractivity (Wildman–Crippen MR) is 298 cm³/mol. The second-order valence-corrected chi connectivity index (χ2v) is 21.7. The molecule has 70 heavy (non-hydrogen) atoms. The summed E-state index contributed by atoms with van der Waals surface area (Å²) >= 11 is 0. The lowest BCUT2D eigenvalue weighted by Gasteiger charge is -2.24. The van der Waals surface area contributed by atoms with Crippen LogP contribution in [0, 0.1) is 0 Å². The summed E-state index contributed by atoms with van der Waals surface area (Å²) in [4.78, 5) is 35.6. The van der Waals surface area contributed by atoms with Gasteiger partial charge in [-0.15, -0.1) is 0 Å². The van der Waals surface area contributed by atoms with Crippen LogP contribution in [0.5, 0.6) is 0 Å². The zero-order valence-corrected chi connectivity index (χ0v) is 46.9. The fraction of sp³-hybridized carbons (Fsp3) is 0.767. The Hall–Kier alpha value is -2.55. The van der Waals surface area contributed by atoms with Crippen LogP contribution in [-0.4, -0.2) is 74.9 Å². The van der Waals surface area contributed by atoms with Crippen molar-refractivity contribution < 1.29 is 42.1 Å². The second kappa shape index (κ2) is 51.4. The average molecular weight is 1000 g/mol. The third-order valence-corrected chi connectivity index (χ3v) is 13.2. The molecule has 9 nitrogen and oxygen atoms in total. The summed E-state index contributed by atoms with van der Waals surface area (Å²) in [5.74, 6) is -0.804. The number of allylic oxidation sites excluding steroid dienone is 12. The van der Waals surface area contributed by atoms with Crippen molar-refractivity contribution >= 4 is 19.8 Å². The van der Waals surface area contributed by atoms with E-state index in [9.17, 15) is 19.0 Å². The average Bonchev–Trinajstić information content (AvgIpc) is 3.32. The normalized spacial score (nSPS) is 13.9. The van der Waals surface area contributed by atoms with Gasteiger partial charge in [-0.3, -0.25) is 18.6 Å². The second-order valence-electron chi connectivity index (χ2n) is 20.3. The van der Waals surface area contributed by atoms with E-state index in [-0.39, 0.29) is 32.0 Å². The standard InChI is InChI=1S/C60H108NO8P/c1-6-8-10-12-14-16-18-20-22-23-24-25-26-27-28-29-30-31-32-33-34-35-36-37-39-41-43-45-47-49-51-53-60(63)69-58(57-68-70(64,65)67-55-54-61(3,4)5)56-66-59(62)52-50-48-46-44-42-40-38-21-19-17-15-13-11-9-7-2/h8,10,14,16,20-22,24-25,27-28,38,58H,6-7,9,11-13,15,17-19,23,26,29-37,39-57H2,1-5H3/p+1/b10-8-,16-14-,22-20-,25-24-,28-27-,38-21-. The summed E-state index contributed by atoms with van der Waals surface area (Å²) in [5, 5.41) is 0. The maximum atomic E-state index is 12.8. The van der Waals surface area contributed by atoms with E-state index in [1.807, 2.05) is 21.1 Å². The minimum atomic E-state index is -4.39. The van der Waals surface area contributed by atoms with Crippen molar-refractivity contribution in [1.82, 2.24) is 0 Å². The van der Waals surface area contributed by atoms with E-state index in [0.717, 1.165) is 89.9 Å². The number of quaternary nitrogens is 1. The number of ether oxygens (including phenoxy) is 2. The summed E-state index contributed by atoms with van der Waals surface area (Å²) in [7, 11) is 1.47. The number of esters is 2. The van der Waals surface area contributed by atoms with E-state index in [1.54, 1.807) is 0 Å². The fourth-order valence-corrected chi connectivity index (χ4v) is 8.54. The number of unbranched alkanes of at least 4 members (excludes halogenated alkanes) is 26. The Balaban J connectivity index is 4.10.